The van der Waals surface area contributed by atoms with Crippen LogP contribution in [0.15, 0.2) is 36.4 Å². The standard InChI is InChI=1S/C17H18FN/c18-17-10-15(7-8-16(17)11-19)14-6-5-12-3-1-2-4-13(12)9-14/h5-10H,1-4,11,19H2. The van der Waals surface area contributed by atoms with Gasteiger partial charge in [0.2, 0.25) is 0 Å². The van der Waals surface area contributed by atoms with E-state index in [1.807, 2.05) is 6.07 Å². The van der Waals surface area contributed by atoms with Gasteiger partial charge in [0, 0.05) is 12.1 Å². The summed E-state index contributed by atoms with van der Waals surface area (Å²) < 4.78 is 13.8. The second kappa shape index (κ2) is 5.14. The lowest BCUT2D eigenvalue weighted by Crippen LogP contribution is -2.02. The molecule has 19 heavy (non-hydrogen) atoms. The quantitative estimate of drug-likeness (QED) is 0.867. The Morgan fingerprint density at radius 2 is 1.58 bits per heavy atom. The fourth-order valence-electron chi connectivity index (χ4n) is 2.81. The number of fused-ring (bicyclic) bond motifs is 1. The first-order valence-corrected chi connectivity index (χ1v) is 6.88. The summed E-state index contributed by atoms with van der Waals surface area (Å²) in [6.07, 6.45) is 4.87. The summed E-state index contributed by atoms with van der Waals surface area (Å²) in [5, 5.41) is 0. The van der Waals surface area contributed by atoms with Crippen LogP contribution in [0.25, 0.3) is 11.1 Å². The Kier molecular flexibility index (Phi) is 3.34. The van der Waals surface area contributed by atoms with Gasteiger partial charge in [-0.1, -0.05) is 30.3 Å². The van der Waals surface area contributed by atoms with Crippen molar-refractivity contribution in [3.05, 3.63) is 58.9 Å². The van der Waals surface area contributed by atoms with Crippen LogP contribution >= 0.6 is 0 Å². The molecule has 0 atom stereocenters. The molecule has 0 saturated heterocycles. The minimum absolute atomic E-state index is 0.210. The van der Waals surface area contributed by atoms with E-state index in [1.54, 1.807) is 12.1 Å². The first kappa shape index (κ1) is 12.4. The molecule has 0 unspecified atom stereocenters. The zero-order valence-corrected chi connectivity index (χ0v) is 11.0. The SMILES string of the molecule is NCc1ccc(-c2ccc3c(c2)CCCC3)cc1F. The lowest BCUT2D eigenvalue weighted by molar-refractivity contribution is 0.611. The first-order chi connectivity index (χ1) is 9.28. The molecule has 2 heteroatoms. The highest BCUT2D eigenvalue weighted by atomic mass is 19.1. The summed E-state index contributed by atoms with van der Waals surface area (Å²) in [4.78, 5) is 0. The van der Waals surface area contributed by atoms with E-state index in [0.717, 1.165) is 17.5 Å². The van der Waals surface area contributed by atoms with Crippen LogP contribution in [-0.2, 0) is 19.4 Å². The smallest absolute Gasteiger partial charge is 0.128 e. The predicted molar refractivity (Wildman–Crippen MR) is 76.4 cm³/mol. The van der Waals surface area contributed by atoms with Crippen LogP contribution in [0, 0.1) is 5.82 Å². The molecule has 0 bridgehead atoms. The van der Waals surface area contributed by atoms with Crippen molar-refractivity contribution in [3.63, 3.8) is 0 Å². The molecule has 98 valence electrons. The first-order valence-electron chi connectivity index (χ1n) is 6.88. The Morgan fingerprint density at radius 3 is 2.32 bits per heavy atom. The van der Waals surface area contributed by atoms with E-state index < -0.39 is 0 Å². The van der Waals surface area contributed by atoms with Crippen LogP contribution in [-0.4, -0.2) is 0 Å². The number of nitrogens with two attached hydrogens (primary N) is 1. The highest BCUT2D eigenvalue weighted by molar-refractivity contribution is 5.65. The molecule has 0 aromatic heterocycles. The second-order valence-electron chi connectivity index (χ2n) is 5.20. The van der Waals surface area contributed by atoms with Crippen LogP contribution in [0.5, 0.6) is 0 Å². The number of hydrogen-bond acceptors (Lipinski definition) is 1. The summed E-state index contributed by atoms with van der Waals surface area (Å²) in [5.41, 5.74) is 11.0. The third-order valence-corrected chi connectivity index (χ3v) is 3.95. The van der Waals surface area contributed by atoms with Gasteiger partial charge in [-0.15, -0.1) is 0 Å². The van der Waals surface area contributed by atoms with Gasteiger partial charge in [0.25, 0.3) is 0 Å². The molecule has 0 aliphatic heterocycles. The molecule has 0 fully saturated rings. The molecule has 2 aromatic carbocycles. The van der Waals surface area contributed by atoms with Crippen LogP contribution in [0.1, 0.15) is 29.5 Å². The lowest BCUT2D eigenvalue weighted by Gasteiger charge is -2.16. The topological polar surface area (TPSA) is 26.0 Å². The third-order valence-electron chi connectivity index (χ3n) is 3.95. The van der Waals surface area contributed by atoms with Crippen molar-refractivity contribution in [1.82, 2.24) is 0 Å². The van der Waals surface area contributed by atoms with Gasteiger partial charge in [0.05, 0.1) is 0 Å². The Balaban J connectivity index is 2.00. The largest absolute Gasteiger partial charge is 0.326 e. The highest BCUT2D eigenvalue weighted by Gasteiger charge is 2.11. The summed E-state index contributed by atoms with van der Waals surface area (Å²) >= 11 is 0. The van der Waals surface area contributed by atoms with Crippen molar-refractivity contribution in [2.45, 2.75) is 32.2 Å². The number of halogens is 1. The fraction of sp³-hybridized carbons (Fsp3) is 0.294. The second-order valence-corrected chi connectivity index (χ2v) is 5.20. The maximum absolute atomic E-state index is 13.8. The Morgan fingerprint density at radius 1 is 0.895 bits per heavy atom. The summed E-state index contributed by atoms with van der Waals surface area (Å²) in [6.45, 7) is 0.246. The van der Waals surface area contributed by atoms with Crippen LogP contribution in [0.3, 0.4) is 0 Å². The van der Waals surface area contributed by atoms with Gasteiger partial charge in [-0.25, -0.2) is 4.39 Å². The van der Waals surface area contributed by atoms with Crippen LogP contribution < -0.4 is 5.73 Å². The van der Waals surface area contributed by atoms with Crippen LogP contribution in [0.2, 0.25) is 0 Å². The van der Waals surface area contributed by atoms with Gasteiger partial charge in [0.15, 0.2) is 0 Å². The number of benzene rings is 2. The number of hydrogen-bond donors (Lipinski definition) is 1. The Bertz CT molecular complexity index is 604. The van der Waals surface area contributed by atoms with Gasteiger partial charge in [-0.3, -0.25) is 0 Å². The molecule has 2 aromatic rings. The molecule has 1 aliphatic rings. The molecule has 0 spiro atoms. The van der Waals surface area contributed by atoms with E-state index in [-0.39, 0.29) is 12.4 Å². The number of aryl methyl sites for hydroxylation is 2. The Hall–Kier alpha value is -1.67. The Labute approximate surface area is 113 Å². The van der Waals surface area contributed by atoms with Crippen molar-refractivity contribution in [1.29, 1.82) is 0 Å². The van der Waals surface area contributed by atoms with Gasteiger partial charge >= 0.3 is 0 Å². The predicted octanol–water partition coefficient (Wildman–Crippen LogP) is 3.83. The van der Waals surface area contributed by atoms with Crippen molar-refractivity contribution in [2.24, 2.45) is 5.73 Å². The van der Waals surface area contributed by atoms with E-state index >= 15 is 0 Å². The maximum atomic E-state index is 13.8. The van der Waals surface area contributed by atoms with Crippen molar-refractivity contribution < 1.29 is 4.39 Å². The molecule has 3 rings (SSSR count). The van der Waals surface area contributed by atoms with E-state index in [9.17, 15) is 4.39 Å². The van der Waals surface area contributed by atoms with E-state index in [1.165, 1.54) is 30.4 Å². The maximum Gasteiger partial charge on any atom is 0.128 e. The normalized spacial score (nSPS) is 14.2. The van der Waals surface area contributed by atoms with Crippen molar-refractivity contribution in [3.8, 4) is 11.1 Å². The minimum Gasteiger partial charge on any atom is -0.326 e. The minimum atomic E-state index is -0.210. The molecule has 1 nitrogen and oxygen atoms in total. The molecule has 1 aliphatic carbocycles. The van der Waals surface area contributed by atoms with Crippen LogP contribution in [0.4, 0.5) is 4.39 Å². The van der Waals surface area contributed by atoms with E-state index in [2.05, 4.69) is 18.2 Å². The average molecular weight is 255 g/mol. The van der Waals surface area contributed by atoms with Gasteiger partial charge in [-0.05, 0) is 54.0 Å². The van der Waals surface area contributed by atoms with Gasteiger partial charge in [-0.2, -0.15) is 0 Å². The summed E-state index contributed by atoms with van der Waals surface area (Å²) in [6, 6.07) is 11.8. The average Bonchev–Trinajstić information content (AvgIpc) is 2.46. The zero-order valence-electron chi connectivity index (χ0n) is 11.0. The van der Waals surface area contributed by atoms with Crippen molar-refractivity contribution >= 4 is 0 Å². The molecule has 2 N–H and O–H groups in total. The van der Waals surface area contributed by atoms with E-state index in [0.29, 0.717) is 5.56 Å². The monoisotopic (exact) mass is 255 g/mol. The third kappa shape index (κ3) is 2.41. The fourth-order valence-corrected chi connectivity index (χ4v) is 2.81. The molecule has 0 radical (unpaired) electrons. The van der Waals surface area contributed by atoms with E-state index in [4.69, 9.17) is 5.73 Å². The molecule has 0 saturated carbocycles. The lowest BCUT2D eigenvalue weighted by atomic mass is 9.89. The highest BCUT2D eigenvalue weighted by Crippen LogP contribution is 2.28. The number of rotatable bonds is 2. The molecule has 0 heterocycles. The van der Waals surface area contributed by atoms with Crippen molar-refractivity contribution in [2.75, 3.05) is 0 Å². The van der Waals surface area contributed by atoms with Gasteiger partial charge in [0.1, 0.15) is 5.82 Å². The van der Waals surface area contributed by atoms with Gasteiger partial charge < -0.3 is 5.73 Å². The summed E-state index contributed by atoms with van der Waals surface area (Å²) in [5.74, 6) is -0.210. The zero-order chi connectivity index (χ0) is 13.2. The molecular weight excluding hydrogens is 237 g/mol. The summed E-state index contributed by atoms with van der Waals surface area (Å²) in [7, 11) is 0. The molecular formula is C17H18FN. The molecule has 0 amide bonds.